The molecular formula is C12H14BrN. The van der Waals surface area contributed by atoms with Crippen LogP contribution >= 0.6 is 15.9 Å². The first kappa shape index (κ1) is 9.94. The monoisotopic (exact) mass is 251 g/mol. The van der Waals surface area contributed by atoms with Gasteiger partial charge in [0.25, 0.3) is 0 Å². The standard InChI is InChI=1S/C12H14BrN/c1-8(14-2)10-5-9-3-4-12(13)7-11(9)6-10/h3-4,6-8,14H,5H2,1-2H3. The van der Waals surface area contributed by atoms with E-state index in [2.05, 4.69) is 52.4 Å². The van der Waals surface area contributed by atoms with Gasteiger partial charge in [-0.05, 0) is 49.2 Å². The Labute approximate surface area is 93.3 Å². The van der Waals surface area contributed by atoms with Crippen molar-refractivity contribution in [3.8, 4) is 0 Å². The van der Waals surface area contributed by atoms with Crippen molar-refractivity contribution in [3.05, 3.63) is 39.4 Å². The third kappa shape index (κ3) is 1.77. The van der Waals surface area contributed by atoms with Gasteiger partial charge in [0, 0.05) is 10.5 Å². The molecule has 0 amide bonds. The van der Waals surface area contributed by atoms with Crippen LogP contribution in [0.25, 0.3) is 6.08 Å². The average molecular weight is 252 g/mol. The molecule has 2 rings (SSSR count). The number of fused-ring (bicyclic) bond motifs is 1. The highest BCUT2D eigenvalue weighted by molar-refractivity contribution is 9.10. The molecule has 0 fully saturated rings. The van der Waals surface area contributed by atoms with E-state index in [1.165, 1.54) is 16.7 Å². The van der Waals surface area contributed by atoms with Crippen LogP contribution in [0.3, 0.4) is 0 Å². The second-order valence-electron chi connectivity index (χ2n) is 3.75. The molecule has 1 N–H and O–H groups in total. The molecule has 0 radical (unpaired) electrons. The Balaban J connectivity index is 2.30. The molecule has 1 aromatic rings. The van der Waals surface area contributed by atoms with Gasteiger partial charge in [0.2, 0.25) is 0 Å². The number of hydrogen-bond acceptors (Lipinski definition) is 1. The number of halogens is 1. The molecule has 0 saturated carbocycles. The predicted octanol–water partition coefficient (Wildman–Crippen LogP) is 3.00. The Kier molecular flexibility index (Phi) is 2.75. The highest BCUT2D eigenvalue weighted by atomic mass is 79.9. The summed E-state index contributed by atoms with van der Waals surface area (Å²) in [4.78, 5) is 0. The Bertz CT molecular complexity index is 382. The molecule has 74 valence electrons. The number of likely N-dealkylation sites (N-methyl/N-ethyl adjacent to an activating group) is 1. The Morgan fingerprint density at radius 3 is 2.93 bits per heavy atom. The molecule has 0 bridgehead atoms. The summed E-state index contributed by atoms with van der Waals surface area (Å²) >= 11 is 3.49. The van der Waals surface area contributed by atoms with Crippen LogP contribution < -0.4 is 5.32 Å². The lowest BCUT2D eigenvalue weighted by atomic mass is 10.1. The van der Waals surface area contributed by atoms with Crippen molar-refractivity contribution in [2.24, 2.45) is 0 Å². The van der Waals surface area contributed by atoms with Gasteiger partial charge in [-0.1, -0.05) is 28.1 Å². The van der Waals surface area contributed by atoms with Crippen LogP contribution in [0.15, 0.2) is 28.2 Å². The fourth-order valence-electron chi connectivity index (χ4n) is 1.80. The Morgan fingerprint density at radius 2 is 2.21 bits per heavy atom. The normalized spacial score (nSPS) is 16.4. The smallest absolute Gasteiger partial charge is 0.0254 e. The van der Waals surface area contributed by atoms with Crippen molar-refractivity contribution < 1.29 is 0 Å². The van der Waals surface area contributed by atoms with Gasteiger partial charge in [-0.25, -0.2) is 0 Å². The molecule has 1 aromatic carbocycles. The van der Waals surface area contributed by atoms with Gasteiger partial charge >= 0.3 is 0 Å². The molecule has 1 aliphatic rings. The van der Waals surface area contributed by atoms with Crippen LogP contribution in [-0.2, 0) is 6.42 Å². The van der Waals surface area contributed by atoms with Crippen molar-refractivity contribution >= 4 is 22.0 Å². The van der Waals surface area contributed by atoms with E-state index in [0.717, 1.165) is 10.9 Å². The van der Waals surface area contributed by atoms with E-state index in [9.17, 15) is 0 Å². The maximum Gasteiger partial charge on any atom is 0.0254 e. The molecular weight excluding hydrogens is 238 g/mol. The summed E-state index contributed by atoms with van der Waals surface area (Å²) < 4.78 is 1.16. The van der Waals surface area contributed by atoms with Crippen LogP contribution in [0.4, 0.5) is 0 Å². The zero-order chi connectivity index (χ0) is 10.1. The predicted molar refractivity (Wildman–Crippen MR) is 64.3 cm³/mol. The molecule has 0 heterocycles. The van der Waals surface area contributed by atoms with Gasteiger partial charge in [0.15, 0.2) is 0 Å². The van der Waals surface area contributed by atoms with Gasteiger partial charge in [-0.15, -0.1) is 0 Å². The third-order valence-corrected chi connectivity index (χ3v) is 3.33. The first-order valence-electron chi connectivity index (χ1n) is 4.87. The fourth-order valence-corrected chi connectivity index (χ4v) is 2.17. The highest BCUT2D eigenvalue weighted by Crippen LogP contribution is 2.28. The van der Waals surface area contributed by atoms with Crippen LogP contribution in [0.1, 0.15) is 18.1 Å². The number of benzene rings is 1. The molecule has 1 unspecified atom stereocenters. The van der Waals surface area contributed by atoms with Gasteiger partial charge in [0.05, 0.1) is 0 Å². The summed E-state index contributed by atoms with van der Waals surface area (Å²) in [6, 6.07) is 6.97. The second kappa shape index (κ2) is 3.87. The van der Waals surface area contributed by atoms with E-state index in [4.69, 9.17) is 0 Å². The number of nitrogens with one attached hydrogen (secondary N) is 1. The van der Waals surface area contributed by atoms with Crippen molar-refractivity contribution in [1.29, 1.82) is 0 Å². The lowest BCUT2D eigenvalue weighted by Gasteiger charge is -2.10. The molecule has 0 aromatic heterocycles. The quantitative estimate of drug-likeness (QED) is 0.853. The van der Waals surface area contributed by atoms with Crippen molar-refractivity contribution in [2.45, 2.75) is 19.4 Å². The molecule has 14 heavy (non-hydrogen) atoms. The maximum absolute atomic E-state index is 3.49. The second-order valence-corrected chi connectivity index (χ2v) is 4.67. The van der Waals surface area contributed by atoms with E-state index >= 15 is 0 Å². The Hall–Kier alpha value is -0.600. The first-order valence-corrected chi connectivity index (χ1v) is 5.66. The summed E-state index contributed by atoms with van der Waals surface area (Å²) in [5.74, 6) is 0. The van der Waals surface area contributed by atoms with Crippen LogP contribution in [0, 0.1) is 0 Å². The van der Waals surface area contributed by atoms with E-state index in [1.54, 1.807) is 0 Å². The van der Waals surface area contributed by atoms with E-state index in [1.807, 2.05) is 7.05 Å². The molecule has 0 saturated heterocycles. The van der Waals surface area contributed by atoms with Crippen LogP contribution in [0.5, 0.6) is 0 Å². The average Bonchev–Trinajstić information content (AvgIpc) is 2.59. The van der Waals surface area contributed by atoms with Crippen LogP contribution in [-0.4, -0.2) is 13.1 Å². The minimum absolute atomic E-state index is 0.473. The van der Waals surface area contributed by atoms with Gasteiger partial charge in [-0.3, -0.25) is 0 Å². The third-order valence-electron chi connectivity index (χ3n) is 2.83. The zero-order valence-electron chi connectivity index (χ0n) is 8.47. The fraction of sp³-hybridized carbons (Fsp3) is 0.333. The molecule has 2 heteroatoms. The number of hydrogen-bond donors (Lipinski definition) is 1. The minimum Gasteiger partial charge on any atom is -0.314 e. The first-order chi connectivity index (χ1) is 6.70. The summed E-state index contributed by atoms with van der Waals surface area (Å²) in [7, 11) is 2.00. The Morgan fingerprint density at radius 1 is 1.43 bits per heavy atom. The minimum atomic E-state index is 0.473. The SMILES string of the molecule is CNC(C)C1=Cc2cc(Br)ccc2C1. The molecule has 0 spiro atoms. The summed E-state index contributed by atoms with van der Waals surface area (Å²) in [5.41, 5.74) is 4.27. The van der Waals surface area contributed by atoms with Gasteiger partial charge in [0.1, 0.15) is 0 Å². The van der Waals surface area contributed by atoms with Crippen molar-refractivity contribution in [1.82, 2.24) is 5.32 Å². The maximum atomic E-state index is 3.49. The van der Waals surface area contributed by atoms with E-state index in [-0.39, 0.29) is 0 Å². The summed E-state index contributed by atoms with van der Waals surface area (Å²) in [6.45, 7) is 2.20. The largest absolute Gasteiger partial charge is 0.314 e. The van der Waals surface area contributed by atoms with Gasteiger partial charge < -0.3 is 5.32 Å². The molecule has 1 nitrogen and oxygen atoms in total. The van der Waals surface area contributed by atoms with Crippen molar-refractivity contribution in [3.63, 3.8) is 0 Å². The zero-order valence-corrected chi connectivity index (χ0v) is 10.1. The number of rotatable bonds is 2. The lowest BCUT2D eigenvalue weighted by molar-refractivity contribution is 0.684. The molecule has 0 aliphatic heterocycles. The van der Waals surface area contributed by atoms with E-state index < -0.39 is 0 Å². The van der Waals surface area contributed by atoms with Crippen molar-refractivity contribution in [2.75, 3.05) is 7.05 Å². The highest BCUT2D eigenvalue weighted by Gasteiger charge is 2.16. The molecule has 1 aliphatic carbocycles. The topological polar surface area (TPSA) is 12.0 Å². The van der Waals surface area contributed by atoms with Gasteiger partial charge in [-0.2, -0.15) is 0 Å². The summed E-state index contributed by atoms with van der Waals surface area (Å²) in [5, 5.41) is 3.28. The lowest BCUT2D eigenvalue weighted by Crippen LogP contribution is -2.23. The molecule has 1 atom stereocenters. The van der Waals surface area contributed by atoms with Crippen LogP contribution in [0.2, 0.25) is 0 Å². The summed E-state index contributed by atoms with van der Waals surface area (Å²) in [6.07, 6.45) is 3.38. The van der Waals surface area contributed by atoms with E-state index in [0.29, 0.717) is 6.04 Å².